The van der Waals surface area contributed by atoms with Crippen molar-refractivity contribution in [3.05, 3.63) is 70.5 Å². The molecule has 0 spiro atoms. The van der Waals surface area contributed by atoms with Gasteiger partial charge in [-0.05, 0) is 73.5 Å². The second-order valence-electron chi connectivity index (χ2n) is 7.28. The molecule has 7 heteroatoms. The lowest BCUT2D eigenvalue weighted by Crippen LogP contribution is -2.31. The van der Waals surface area contributed by atoms with E-state index in [2.05, 4.69) is 10.3 Å². The third-order valence-corrected chi connectivity index (χ3v) is 5.27. The molecular weight excluding hydrogens is 398 g/mol. The van der Waals surface area contributed by atoms with Crippen LogP contribution < -0.4 is 4.57 Å². The standard InChI is InChI=1S/C24H21F2N4O/c1-12-6-7-18-22(31-24-23(26)27-28-30(18)24)21(12)19-10-17(15(4)11-29(19)5)20-13(2)8-16(25)9-14(20)3/h6-11H,1-5H3/q+1/i2D3,3D3,4D3. The van der Waals surface area contributed by atoms with Gasteiger partial charge in [-0.25, -0.2) is 8.96 Å². The first-order valence-electron chi connectivity index (χ1n) is 13.7. The second kappa shape index (κ2) is 6.70. The van der Waals surface area contributed by atoms with E-state index < -0.39 is 49.0 Å². The van der Waals surface area contributed by atoms with Gasteiger partial charge in [-0.3, -0.25) is 0 Å². The van der Waals surface area contributed by atoms with Gasteiger partial charge < -0.3 is 4.42 Å². The molecule has 0 N–H and O–H groups in total. The Morgan fingerprint density at radius 3 is 2.45 bits per heavy atom. The van der Waals surface area contributed by atoms with Crippen molar-refractivity contribution in [2.45, 2.75) is 27.5 Å². The van der Waals surface area contributed by atoms with Crippen LogP contribution in [0, 0.1) is 39.2 Å². The van der Waals surface area contributed by atoms with E-state index in [0.29, 0.717) is 28.8 Å². The van der Waals surface area contributed by atoms with E-state index in [-0.39, 0.29) is 28.1 Å². The number of aromatic nitrogens is 4. The number of fused-ring (bicyclic) bond motifs is 3. The number of oxazole rings is 1. The minimum absolute atomic E-state index is 0.179. The van der Waals surface area contributed by atoms with Crippen LogP contribution in [0.3, 0.4) is 0 Å². The largest absolute Gasteiger partial charge is 0.432 e. The van der Waals surface area contributed by atoms with Crippen LogP contribution in [0.4, 0.5) is 8.78 Å². The zero-order valence-corrected chi connectivity index (χ0v) is 16.4. The molecule has 0 saturated heterocycles. The number of hydrogen-bond donors (Lipinski definition) is 0. The SMILES string of the molecule is [2H]C([2H])([2H])c1c[n+](C)c(-c2c(C)ccc3c2oc2c(F)nnn23)cc1-c1c(C([2H])([2H])[2H])cc(F)cc1C([2H])([2H])[2H]. The summed E-state index contributed by atoms with van der Waals surface area (Å²) < 4.78 is 110. The van der Waals surface area contributed by atoms with Crippen molar-refractivity contribution in [1.82, 2.24) is 14.8 Å². The first-order chi connectivity index (χ1) is 18.4. The predicted molar refractivity (Wildman–Crippen MR) is 114 cm³/mol. The molecule has 0 saturated carbocycles. The van der Waals surface area contributed by atoms with Gasteiger partial charge in [0.1, 0.15) is 18.4 Å². The van der Waals surface area contributed by atoms with E-state index in [1.165, 1.54) is 16.8 Å². The number of hydrogen-bond acceptors (Lipinski definition) is 3. The first kappa shape index (κ1) is 11.7. The van der Waals surface area contributed by atoms with Crippen LogP contribution in [-0.4, -0.2) is 14.8 Å². The van der Waals surface area contributed by atoms with Crippen molar-refractivity contribution in [3.8, 4) is 22.4 Å². The molecule has 0 atom stereocenters. The molecule has 5 aromatic rings. The molecule has 0 amide bonds. The van der Waals surface area contributed by atoms with E-state index in [9.17, 15) is 8.78 Å². The summed E-state index contributed by atoms with van der Waals surface area (Å²) >= 11 is 0. The van der Waals surface area contributed by atoms with Gasteiger partial charge in [0, 0.05) is 24.0 Å². The Bertz CT molecular complexity index is 1780. The summed E-state index contributed by atoms with van der Waals surface area (Å²) in [4.78, 5) is 0. The predicted octanol–water partition coefficient (Wildman–Crippen LogP) is 5.15. The van der Waals surface area contributed by atoms with E-state index in [4.69, 9.17) is 16.8 Å². The van der Waals surface area contributed by atoms with Crippen LogP contribution in [0.15, 0.2) is 40.9 Å². The molecule has 3 heterocycles. The maximum Gasteiger partial charge on any atom is 0.297 e. The lowest BCUT2D eigenvalue weighted by atomic mass is 9.91. The third kappa shape index (κ3) is 2.84. The zero-order chi connectivity index (χ0) is 29.5. The molecule has 5 nitrogen and oxygen atoms in total. The average Bonchev–Trinajstić information content (AvgIpc) is 3.36. The molecule has 31 heavy (non-hydrogen) atoms. The van der Waals surface area contributed by atoms with Crippen molar-refractivity contribution >= 4 is 16.8 Å². The van der Waals surface area contributed by atoms with Gasteiger partial charge in [0.05, 0.1) is 5.56 Å². The van der Waals surface area contributed by atoms with Gasteiger partial charge in [-0.2, -0.15) is 8.91 Å². The monoisotopic (exact) mass is 428 g/mol. The summed E-state index contributed by atoms with van der Waals surface area (Å²) in [7, 11) is 1.54. The summed E-state index contributed by atoms with van der Waals surface area (Å²) in [5.74, 6) is -2.04. The molecule has 3 aromatic heterocycles. The Morgan fingerprint density at radius 1 is 1.00 bits per heavy atom. The van der Waals surface area contributed by atoms with E-state index in [1.54, 1.807) is 26.1 Å². The number of aryl methyl sites for hydroxylation is 5. The summed E-state index contributed by atoms with van der Waals surface area (Å²) in [6, 6.07) is 6.05. The molecule has 156 valence electrons. The highest BCUT2D eigenvalue weighted by Crippen LogP contribution is 2.36. The molecule has 0 aliphatic heterocycles. The van der Waals surface area contributed by atoms with Crippen molar-refractivity contribution in [2.24, 2.45) is 7.05 Å². The number of halogens is 2. The van der Waals surface area contributed by atoms with Crippen LogP contribution in [0.2, 0.25) is 0 Å². The maximum absolute atomic E-state index is 14.6. The minimum atomic E-state index is -2.99. The Labute approximate surface area is 190 Å². The lowest BCUT2D eigenvalue weighted by molar-refractivity contribution is -0.660. The van der Waals surface area contributed by atoms with Crippen LogP contribution in [0.5, 0.6) is 0 Å². The number of benzene rings is 2. The molecule has 5 rings (SSSR count). The summed E-state index contributed by atoms with van der Waals surface area (Å²) in [6.07, 6.45) is 1.24. The molecule has 0 aliphatic carbocycles. The summed E-state index contributed by atoms with van der Waals surface area (Å²) in [6.45, 7) is -7.08. The average molecular weight is 429 g/mol. The number of rotatable bonds is 2. The van der Waals surface area contributed by atoms with Crippen LogP contribution >= 0.6 is 0 Å². The summed E-state index contributed by atoms with van der Waals surface area (Å²) in [5.41, 5.74) is -0.744. The van der Waals surface area contributed by atoms with Gasteiger partial charge in [-0.15, -0.1) is 0 Å². The quantitative estimate of drug-likeness (QED) is 0.366. The maximum atomic E-state index is 14.6. The minimum Gasteiger partial charge on any atom is -0.432 e. The Kier molecular flexibility index (Phi) is 2.53. The molecule has 0 radical (unpaired) electrons. The molecule has 0 aliphatic rings. The summed E-state index contributed by atoms with van der Waals surface area (Å²) in [5, 5.41) is 7.11. The molecule has 0 fully saturated rings. The van der Waals surface area contributed by atoms with Crippen molar-refractivity contribution in [1.29, 1.82) is 0 Å². The van der Waals surface area contributed by atoms with Crippen LogP contribution in [-0.2, 0) is 7.05 Å². The Morgan fingerprint density at radius 2 is 1.74 bits per heavy atom. The molecule has 2 aromatic carbocycles. The lowest BCUT2D eigenvalue weighted by Gasteiger charge is -2.14. The topological polar surface area (TPSA) is 47.2 Å². The number of pyridine rings is 1. The van der Waals surface area contributed by atoms with Gasteiger partial charge in [-0.1, -0.05) is 16.4 Å². The Hall–Kier alpha value is -3.61. The van der Waals surface area contributed by atoms with Gasteiger partial charge in [0.2, 0.25) is 5.69 Å². The van der Waals surface area contributed by atoms with Crippen molar-refractivity contribution in [2.75, 3.05) is 0 Å². The third-order valence-electron chi connectivity index (χ3n) is 5.27. The fourth-order valence-electron chi connectivity index (χ4n) is 3.85. The van der Waals surface area contributed by atoms with Gasteiger partial charge in [0.25, 0.3) is 11.7 Å². The molecule has 0 unspecified atom stereocenters. The molecular formula is C24H21F2N4O+. The van der Waals surface area contributed by atoms with Crippen LogP contribution in [0.25, 0.3) is 39.2 Å². The van der Waals surface area contributed by atoms with E-state index in [0.717, 1.165) is 4.52 Å². The first-order valence-corrected chi connectivity index (χ1v) is 9.22. The van der Waals surface area contributed by atoms with E-state index in [1.807, 2.05) is 0 Å². The fraction of sp³-hybridized carbons (Fsp3) is 0.208. The number of nitrogens with zero attached hydrogens (tertiary/aromatic N) is 4. The van der Waals surface area contributed by atoms with Crippen molar-refractivity contribution in [3.63, 3.8) is 0 Å². The highest BCUT2D eigenvalue weighted by atomic mass is 19.1. The van der Waals surface area contributed by atoms with Gasteiger partial charge >= 0.3 is 0 Å². The zero-order valence-electron chi connectivity index (χ0n) is 25.4. The highest BCUT2D eigenvalue weighted by Gasteiger charge is 2.25. The van der Waals surface area contributed by atoms with Crippen LogP contribution in [0.1, 0.15) is 34.6 Å². The fourth-order valence-corrected chi connectivity index (χ4v) is 3.85. The van der Waals surface area contributed by atoms with E-state index >= 15 is 0 Å². The normalized spacial score (nSPS) is 17.2. The van der Waals surface area contributed by atoms with Gasteiger partial charge in [0.15, 0.2) is 11.8 Å². The highest BCUT2D eigenvalue weighted by molar-refractivity contribution is 5.93. The molecule has 0 bridgehead atoms. The second-order valence-corrected chi connectivity index (χ2v) is 7.28. The smallest absolute Gasteiger partial charge is 0.297 e. The Balaban J connectivity index is 1.96. The van der Waals surface area contributed by atoms with Crippen molar-refractivity contribution < 1.29 is 30.1 Å².